The Morgan fingerprint density at radius 1 is 0.750 bits per heavy atom. The third-order valence-electron chi connectivity index (χ3n) is 3.79. The molecule has 0 amide bonds. The highest BCUT2D eigenvalue weighted by Gasteiger charge is 2.24. The Morgan fingerprint density at radius 3 is 1.67 bits per heavy atom. The van der Waals surface area contributed by atoms with Crippen molar-refractivity contribution < 1.29 is 19.8 Å². The van der Waals surface area contributed by atoms with Crippen LogP contribution in [0.4, 0.5) is 0 Å². The molecular formula is C20H30O4. The van der Waals surface area contributed by atoms with Gasteiger partial charge in [0.2, 0.25) is 0 Å². The fraction of sp³-hybridized carbons (Fsp3) is 0.700. The summed E-state index contributed by atoms with van der Waals surface area (Å²) in [5.41, 5.74) is 0. The lowest BCUT2D eigenvalue weighted by atomic mass is 10.0. The van der Waals surface area contributed by atoms with Crippen molar-refractivity contribution in [2.45, 2.75) is 84.0 Å². The van der Waals surface area contributed by atoms with Crippen LogP contribution in [-0.4, -0.2) is 22.2 Å². The van der Waals surface area contributed by atoms with Gasteiger partial charge in [-0.05, 0) is 31.1 Å². The van der Waals surface area contributed by atoms with Gasteiger partial charge in [-0.25, -0.2) is 0 Å². The van der Waals surface area contributed by atoms with Crippen molar-refractivity contribution in [3.8, 4) is 23.7 Å². The molecule has 0 aliphatic carbocycles. The molecule has 4 heteroatoms. The molecule has 0 saturated heterocycles. The highest BCUT2D eigenvalue weighted by molar-refractivity contribution is 5.92. The molecule has 0 radical (unpaired) electrons. The molecule has 0 fully saturated rings. The molecule has 0 aliphatic rings. The summed E-state index contributed by atoms with van der Waals surface area (Å²) in [4.78, 5) is 21.4. The first-order valence-corrected chi connectivity index (χ1v) is 9.01. The van der Waals surface area contributed by atoms with Crippen LogP contribution in [0, 0.1) is 29.6 Å². The molecule has 24 heavy (non-hydrogen) atoms. The minimum absolute atomic E-state index is 0.195. The zero-order chi connectivity index (χ0) is 18.0. The molecule has 0 spiro atoms. The monoisotopic (exact) mass is 334 g/mol. The van der Waals surface area contributed by atoms with Gasteiger partial charge in [-0.3, -0.25) is 9.59 Å². The van der Waals surface area contributed by atoms with Crippen LogP contribution in [0.5, 0.6) is 0 Å². The number of unbranched alkanes of at least 4 members (excludes halogenated alkanes) is 9. The normalized spacial score (nSPS) is 9.75. The lowest BCUT2D eigenvalue weighted by Gasteiger charge is -2.06. The van der Waals surface area contributed by atoms with Gasteiger partial charge in [0.25, 0.3) is 0 Å². The standard InChI is InChI=1S/C20H30O4/c1-2-3-4-5-6-7-8-9-10-11-12-13-14-15-16-17-18(19(21)22)20(23)24/h18H,2-7,12-17H2,1H3,(H,21,22)(H,23,24). The summed E-state index contributed by atoms with van der Waals surface area (Å²) >= 11 is 0. The average molecular weight is 334 g/mol. The first-order chi connectivity index (χ1) is 11.6. The van der Waals surface area contributed by atoms with Crippen LogP contribution in [0.2, 0.25) is 0 Å². The first kappa shape index (κ1) is 22.1. The maximum atomic E-state index is 10.7. The Hall–Kier alpha value is -1.94. The van der Waals surface area contributed by atoms with Crippen molar-refractivity contribution in [3.05, 3.63) is 0 Å². The molecule has 0 heterocycles. The maximum absolute atomic E-state index is 10.7. The third kappa shape index (κ3) is 13.7. The van der Waals surface area contributed by atoms with E-state index in [-0.39, 0.29) is 6.42 Å². The lowest BCUT2D eigenvalue weighted by Crippen LogP contribution is -2.23. The van der Waals surface area contributed by atoms with Gasteiger partial charge in [0, 0.05) is 12.8 Å². The summed E-state index contributed by atoms with van der Waals surface area (Å²) < 4.78 is 0. The number of carboxylic acid groups (broad SMARTS) is 2. The van der Waals surface area contributed by atoms with Crippen LogP contribution < -0.4 is 0 Å². The number of carbonyl (C=O) groups is 2. The van der Waals surface area contributed by atoms with Crippen LogP contribution in [0.25, 0.3) is 0 Å². The molecule has 0 saturated carbocycles. The predicted molar refractivity (Wildman–Crippen MR) is 95.4 cm³/mol. The van der Waals surface area contributed by atoms with Gasteiger partial charge in [0.15, 0.2) is 5.92 Å². The van der Waals surface area contributed by atoms with Crippen molar-refractivity contribution in [1.82, 2.24) is 0 Å². The SMILES string of the molecule is CCCCCCCC#CC#CCCCCCCC(C(=O)O)C(=O)O. The van der Waals surface area contributed by atoms with E-state index in [1.54, 1.807) is 0 Å². The fourth-order valence-electron chi connectivity index (χ4n) is 2.30. The van der Waals surface area contributed by atoms with E-state index in [0.717, 1.165) is 38.5 Å². The number of rotatable bonds is 13. The van der Waals surface area contributed by atoms with Gasteiger partial charge in [0.1, 0.15) is 0 Å². The summed E-state index contributed by atoms with van der Waals surface area (Å²) in [5, 5.41) is 17.5. The van der Waals surface area contributed by atoms with Gasteiger partial charge in [-0.1, -0.05) is 63.7 Å². The highest BCUT2D eigenvalue weighted by atomic mass is 16.4. The van der Waals surface area contributed by atoms with Gasteiger partial charge >= 0.3 is 11.9 Å². The summed E-state index contributed by atoms with van der Waals surface area (Å²) in [6.07, 6.45) is 11.5. The number of carboxylic acids is 2. The van der Waals surface area contributed by atoms with Crippen LogP contribution in [0.15, 0.2) is 0 Å². The Morgan fingerprint density at radius 2 is 1.21 bits per heavy atom. The molecule has 0 aromatic heterocycles. The maximum Gasteiger partial charge on any atom is 0.317 e. The first-order valence-electron chi connectivity index (χ1n) is 9.01. The summed E-state index contributed by atoms with van der Waals surface area (Å²) in [6.45, 7) is 2.21. The topological polar surface area (TPSA) is 74.6 Å². The van der Waals surface area contributed by atoms with E-state index in [1.165, 1.54) is 25.7 Å². The molecule has 0 aliphatic heterocycles. The molecule has 0 unspecified atom stereocenters. The van der Waals surface area contributed by atoms with Crippen molar-refractivity contribution in [3.63, 3.8) is 0 Å². The minimum Gasteiger partial charge on any atom is -0.481 e. The highest BCUT2D eigenvalue weighted by Crippen LogP contribution is 2.12. The van der Waals surface area contributed by atoms with Crippen molar-refractivity contribution in [2.75, 3.05) is 0 Å². The molecule has 0 atom stereocenters. The van der Waals surface area contributed by atoms with Crippen molar-refractivity contribution in [2.24, 2.45) is 5.92 Å². The molecule has 0 bridgehead atoms. The van der Waals surface area contributed by atoms with E-state index in [9.17, 15) is 9.59 Å². The van der Waals surface area contributed by atoms with E-state index >= 15 is 0 Å². The van der Waals surface area contributed by atoms with Crippen LogP contribution in [-0.2, 0) is 9.59 Å². The average Bonchev–Trinajstić information content (AvgIpc) is 2.53. The number of hydrogen-bond acceptors (Lipinski definition) is 2. The Labute approximate surface area is 146 Å². The van der Waals surface area contributed by atoms with Gasteiger partial charge < -0.3 is 10.2 Å². The van der Waals surface area contributed by atoms with E-state index < -0.39 is 17.9 Å². The predicted octanol–water partition coefficient (Wildman–Crippen LogP) is 4.48. The second-order valence-electron chi connectivity index (χ2n) is 5.95. The Bertz CT molecular complexity index is 459. The van der Waals surface area contributed by atoms with Crippen molar-refractivity contribution in [1.29, 1.82) is 0 Å². The van der Waals surface area contributed by atoms with Gasteiger partial charge in [-0.2, -0.15) is 0 Å². The second kappa shape index (κ2) is 15.9. The van der Waals surface area contributed by atoms with E-state index in [4.69, 9.17) is 10.2 Å². The zero-order valence-corrected chi connectivity index (χ0v) is 14.8. The van der Waals surface area contributed by atoms with E-state index in [0.29, 0.717) is 6.42 Å². The van der Waals surface area contributed by atoms with Crippen LogP contribution >= 0.6 is 0 Å². The smallest absolute Gasteiger partial charge is 0.317 e. The van der Waals surface area contributed by atoms with Gasteiger partial charge in [0.05, 0.1) is 0 Å². The Balaban J connectivity index is 3.55. The molecule has 0 aromatic carbocycles. The summed E-state index contributed by atoms with van der Waals surface area (Å²) in [6, 6.07) is 0. The summed E-state index contributed by atoms with van der Waals surface area (Å²) in [7, 11) is 0. The molecule has 0 rings (SSSR count). The Kier molecular flexibility index (Phi) is 14.6. The number of aliphatic carboxylic acids is 2. The van der Waals surface area contributed by atoms with Crippen LogP contribution in [0.3, 0.4) is 0 Å². The fourth-order valence-corrected chi connectivity index (χ4v) is 2.30. The molecular weight excluding hydrogens is 304 g/mol. The molecule has 134 valence electrons. The summed E-state index contributed by atoms with van der Waals surface area (Å²) in [5.74, 6) is 8.05. The van der Waals surface area contributed by atoms with Crippen LogP contribution in [0.1, 0.15) is 84.0 Å². The zero-order valence-electron chi connectivity index (χ0n) is 14.8. The third-order valence-corrected chi connectivity index (χ3v) is 3.79. The lowest BCUT2D eigenvalue weighted by molar-refractivity contribution is -0.154. The quantitative estimate of drug-likeness (QED) is 0.296. The minimum atomic E-state index is -1.28. The van der Waals surface area contributed by atoms with E-state index in [1.807, 2.05) is 0 Å². The largest absolute Gasteiger partial charge is 0.481 e. The second-order valence-corrected chi connectivity index (χ2v) is 5.95. The molecule has 4 nitrogen and oxygen atoms in total. The molecule has 0 aromatic rings. The van der Waals surface area contributed by atoms with Crippen molar-refractivity contribution >= 4 is 11.9 Å². The molecule has 2 N–H and O–H groups in total. The van der Waals surface area contributed by atoms with Gasteiger partial charge in [-0.15, -0.1) is 0 Å². The van der Waals surface area contributed by atoms with E-state index in [2.05, 4.69) is 30.6 Å². The number of hydrogen-bond donors (Lipinski definition) is 2.